The second-order valence-corrected chi connectivity index (χ2v) is 5.06. The van der Waals surface area contributed by atoms with Gasteiger partial charge in [-0.15, -0.1) is 0 Å². The van der Waals surface area contributed by atoms with Crippen molar-refractivity contribution in [2.24, 2.45) is 0 Å². The first-order chi connectivity index (χ1) is 7.50. The Morgan fingerprint density at radius 2 is 2.12 bits per heavy atom. The van der Waals surface area contributed by atoms with Crippen molar-refractivity contribution in [3.8, 4) is 0 Å². The molecular weight excluding hydrogens is 200 g/mol. The maximum absolute atomic E-state index is 5.84. The molecule has 1 aliphatic rings. The lowest BCUT2D eigenvalue weighted by molar-refractivity contribution is 0.0644. The van der Waals surface area contributed by atoms with Gasteiger partial charge in [-0.1, -0.05) is 0 Å². The summed E-state index contributed by atoms with van der Waals surface area (Å²) in [7, 11) is 0. The molecule has 3 nitrogen and oxygen atoms in total. The highest BCUT2D eigenvalue weighted by Crippen LogP contribution is 2.28. The second-order valence-electron chi connectivity index (χ2n) is 5.06. The van der Waals surface area contributed by atoms with Gasteiger partial charge in [0.1, 0.15) is 0 Å². The number of benzene rings is 1. The van der Waals surface area contributed by atoms with E-state index in [0.29, 0.717) is 0 Å². The van der Waals surface area contributed by atoms with Crippen molar-refractivity contribution in [2.45, 2.75) is 26.3 Å². The molecule has 1 aliphatic heterocycles. The van der Waals surface area contributed by atoms with Crippen molar-refractivity contribution in [3.05, 3.63) is 23.8 Å². The fourth-order valence-corrected chi connectivity index (χ4v) is 2.16. The summed E-state index contributed by atoms with van der Waals surface area (Å²) in [6, 6.07) is 6.23. The van der Waals surface area contributed by atoms with Gasteiger partial charge in [-0.3, -0.25) is 0 Å². The van der Waals surface area contributed by atoms with Gasteiger partial charge in [0.2, 0.25) is 0 Å². The van der Waals surface area contributed by atoms with Gasteiger partial charge in [0.25, 0.3) is 0 Å². The third-order valence-electron chi connectivity index (χ3n) is 3.21. The minimum Gasteiger partial charge on any atom is -0.399 e. The summed E-state index contributed by atoms with van der Waals surface area (Å²) in [6.45, 7) is 8.97. The molecule has 2 N–H and O–H groups in total. The van der Waals surface area contributed by atoms with E-state index in [1.165, 1.54) is 5.69 Å². The summed E-state index contributed by atoms with van der Waals surface area (Å²) < 4.78 is 5.52. The van der Waals surface area contributed by atoms with Crippen molar-refractivity contribution in [1.29, 1.82) is 0 Å². The predicted molar refractivity (Wildman–Crippen MR) is 67.8 cm³/mol. The molecule has 0 bridgehead atoms. The number of aryl methyl sites for hydroxylation is 1. The Labute approximate surface area is 97.2 Å². The molecule has 0 spiro atoms. The first-order valence-electron chi connectivity index (χ1n) is 5.72. The SMILES string of the molecule is Cc1cc(N2CCOCC2(C)C)ccc1N. The van der Waals surface area contributed by atoms with E-state index >= 15 is 0 Å². The Hall–Kier alpha value is -1.22. The molecule has 0 amide bonds. The maximum Gasteiger partial charge on any atom is 0.0694 e. The number of nitrogens with two attached hydrogens (primary N) is 1. The van der Waals surface area contributed by atoms with Crippen molar-refractivity contribution in [1.82, 2.24) is 0 Å². The highest BCUT2D eigenvalue weighted by molar-refractivity contribution is 5.59. The molecule has 1 saturated heterocycles. The van der Waals surface area contributed by atoms with Crippen molar-refractivity contribution >= 4 is 11.4 Å². The molecule has 0 unspecified atom stereocenters. The van der Waals surface area contributed by atoms with Crippen LogP contribution in [0.3, 0.4) is 0 Å². The Morgan fingerprint density at radius 1 is 1.38 bits per heavy atom. The van der Waals surface area contributed by atoms with Crippen LogP contribution in [0, 0.1) is 6.92 Å². The number of hydrogen-bond donors (Lipinski definition) is 1. The summed E-state index contributed by atoms with van der Waals surface area (Å²) in [5.74, 6) is 0. The first kappa shape index (κ1) is 11.3. The number of rotatable bonds is 1. The maximum atomic E-state index is 5.84. The number of ether oxygens (including phenoxy) is 1. The summed E-state index contributed by atoms with van der Waals surface area (Å²) in [5.41, 5.74) is 9.13. The Balaban J connectivity index is 2.31. The fourth-order valence-electron chi connectivity index (χ4n) is 2.16. The van der Waals surface area contributed by atoms with Gasteiger partial charge in [0.15, 0.2) is 0 Å². The minimum absolute atomic E-state index is 0.0564. The molecule has 1 aromatic carbocycles. The standard InChI is InChI=1S/C13H20N2O/c1-10-8-11(4-5-12(10)14)15-6-7-16-9-13(15,2)3/h4-5,8H,6-7,9,14H2,1-3H3. The van der Waals surface area contributed by atoms with E-state index in [1.54, 1.807) is 0 Å². The molecule has 88 valence electrons. The van der Waals surface area contributed by atoms with Gasteiger partial charge in [0.05, 0.1) is 18.8 Å². The van der Waals surface area contributed by atoms with Crippen LogP contribution in [0.15, 0.2) is 18.2 Å². The quantitative estimate of drug-likeness (QED) is 0.737. The van der Waals surface area contributed by atoms with Crippen molar-refractivity contribution in [2.75, 3.05) is 30.4 Å². The molecular formula is C13H20N2O. The van der Waals surface area contributed by atoms with Crippen LogP contribution in [0.4, 0.5) is 11.4 Å². The second kappa shape index (κ2) is 3.98. The molecule has 0 atom stereocenters. The van der Waals surface area contributed by atoms with Gasteiger partial charge < -0.3 is 15.4 Å². The molecule has 16 heavy (non-hydrogen) atoms. The third-order valence-corrected chi connectivity index (χ3v) is 3.21. The highest BCUT2D eigenvalue weighted by atomic mass is 16.5. The van der Waals surface area contributed by atoms with Crippen LogP contribution in [-0.4, -0.2) is 25.3 Å². The van der Waals surface area contributed by atoms with Crippen LogP contribution >= 0.6 is 0 Å². The lowest BCUT2D eigenvalue weighted by Crippen LogP contribution is -2.53. The van der Waals surface area contributed by atoms with E-state index in [9.17, 15) is 0 Å². The van der Waals surface area contributed by atoms with Gasteiger partial charge in [-0.25, -0.2) is 0 Å². The van der Waals surface area contributed by atoms with Gasteiger partial charge in [0, 0.05) is 17.9 Å². The van der Waals surface area contributed by atoms with E-state index in [1.807, 2.05) is 13.0 Å². The molecule has 1 heterocycles. The van der Waals surface area contributed by atoms with Crippen molar-refractivity contribution in [3.63, 3.8) is 0 Å². The predicted octanol–water partition coefficient (Wildman–Crippen LogP) is 2.19. The molecule has 1 fully saturated rings. The normalized spacial score (nSPS) is 19.8. The smallest absolute Gasteiger partial charge is 0.0694 e. The topological polar surface area (TPSA) is 38.5 Å². The van der Waals surface area contributed by atoms with E-state index in [0.717, 1.165) is 31.0 Å². The molecule has 0 radical (unpaired) electrons. The van der Waals surface area contributed by atoms with Gasteiger partial charge in [-0.05, 0) is 44.5 Å². The number of nitrogens with zero attached hydrogens (tertiary/aromatic N) is 1. The van der Waals surface area contributed by atoms with Crippen LogP contribution < -0.4 is 10.6 Å². The van der Waals surface area contributed by atoms with E-state index in [4.69, 9.17) is 10.5 Å². The van der Waals surface area contributed by atoms with E-state index in [2.05, 4.69) is 30.9 Å². The van der Waals surface area contributed by atoms with Crippen molar-refractivity contribution < 1.29 is 4.74 Å². The Morgan fingerprint density at radius 3 is 2.75 bits per heavy atom. The Kier molecular flexibility index (Phi) is 2.80. The largest absolute Gasteiger partial charge is 0.399 e. The minimum atomic E-state index is 0.0564. The zero-order valence-electron chi connectivity index (χ0n) is 10.3. The number of hydrogen-bond acceptors (Lipinski definition) is 3. The molecule has 0 aliphatic carbocycles. The third kappa shape index (κ3) is 2.00. The highest BCUT2D eigenvalue weighted by Gasteiger charge is 2.30. The summed E-state index contributed by atoms with van der Waals surface area (Å²) in [5, 5.41) is 0. The number of anilines is 2. The zero-order valence-corrected chi connectivity index (χ0v) is 10.3. The van der Waals surface area contributed by atoms with Gasteiger partial charge >= 0.3 is 0 Å². The lowest BCUT2D eigenvalue weighted by atomic mass is 10.0. The zero-order chi connectivity index (χ0) is 11.8. The van der Waals surface area contributed by atoms with E-state index in [-0.39, 0.29) is 5.54 Å². The number of nitrogen functional groups attached to an aromatic ring is 1. The summed E-state index contributed by atoms with van der Waals surface area (Å²) >= 11 is 0. The van der Waals surface area contributed by atoms with Gasteiger partial charge in [-0.2, -0.15) is 0 Å². The van der Waals surface area contributed by atoms with Crippen LogP contribution in [0.1, 0.15) is 19.4 Å². The molecule has 0 aromatic heterocycles. The summed E-state index contributed by atoms with van der Waals surface area (Å²) in [6.07, 6.45) is 0. The van der Waals surface area contributed by atoms with E-state index < -0.39 is 0 Å². The average molecular weight is 220 g/mol. The van der Waals surface area contributed by atoms with Crippen LogP contribution in [-0.2, 0) is 4.74 Å². The molecule has 1 aromatic rings. The van der Waals surface area contributed by atoms with Crippen LogP contribution in [0.2, 0.25) is 0 Å². The number of morpholine rings is 1. The molecule has 3 heteroatoms. The van der Waals surface area contributed by atoms with Crippen LogP contribution in [0.5, 0.6) is 0 Å². The Bertz CT molecular complexity index is 388. The molecule has 2 rings (SSSR count). The fraction of sp³-hybridized carbons (Fsp3) is 0.538. The average Bonchev–Trinajstić information content (AvgIpc) is 2.22. The molecule has 0 saturated carbocycles. The summed E-state index contributed by atoms with van der Waals surface area (Å²) in [4.78, 5) is 2.39. The lowest BCUT2D eigenvalue weighted by Gasteiger charge is -2.44. The first-order valence-corrected chi connectivity index (χ1v) is 5.72. The monoisotopic (exact) mass is 220 g/mol. The van der Waals surface area contributed by atoms with Crippen LogP contribution in [0.25, 0.3) is 0 Å².